The van der Waals surface area contributed by atoms with E-state index >= 15 is 0 Å². The molecule has 1 aliphatic rings. The van der Waals surface area contributed by atoms with Crippen LogP contribution in [0.25, 0.3) is 5.65 Å². The van der Waals surface area contributed by atoms with Crippen LogP contribution in [0.1, 0.15) is 43.5 Å². The highest BCUT2D eigenvalue weighted by Gasteiger charge is 2.21. The Morgan fingerprint density at radius 2 is 2.06 bits per heavy atom. The van der Waals surface area contributed by atoms with Gasteiger partial charge >= 0.3 is 0 Å². The van der Waals surface area contributed by atoms with E-state index in [-0.39, 0.29) is 23.6 Å². The van der Waals surface area contributed by atoms with Gasteiger partial charge in [0.25, 0.3) is 11.5 Å². The molecule has 0 aliphatic carbocycles. The molecule has 184 valence electrons. The van der Waals surface area contributed by atoms with Crippen molar-refractivity contribution in [1.82, 2.24) is 24.9 Å². The minimum absolute atomic E-state index is 0.0517. The van der Waals surface area contributed by atoms with Crippen molar-refractivity contribution in [2.45, 2.75) is 33.1 Å². The molecule has 0 atom stereocenters. The van der Waals surface area contributed by atoms with Gasteiger partial charge in [-0.25, -0.2) is 4.98 Å². The highest BCUT2D eigenvalue weighted by Crippen LogP contribution is 2.21. The first-order valence-corrected chi connectivity index (χ1v) is 11.3. The number of carbonyl (C=O) groups excluding carboxylic acids is 1. The first-order valence-electron chi connectivity index (χ1n) is 11.3. The molecule has 0 aromatic carbocycles. The standard InChI is InChI=1S/C18H23N7O3.C5H10O/c1-18(2,10-26)9-21-16(27)11-8-22-25-14(19-3)7-13(24-15(11)25)23-12-5-4-6-20-17(12)28;1-2-4-6-5-3-1/h4-8,19,26H,9-10H2,1-3H3,(H,20,28)(H,21,27)(H,23,24);1-5H2. The second-order valence-electron chi connectivity index (χ2n) is 8.79. The molecule has 0 radical (unpaired) electrons. The van der Waals surface area contributed by atoms with Crippen molar-refractivity contribution in [3.8, 4) is 0 Å². The molecule has 3 aromatic rings. The van der Waals surface area contributed by atoms with Gasteiger partial charge in [0, 0.05) is 51.1 Å². The molecule has 0 saturated carbocycles. The number of nitrogens with one attached hydrogen (secondary N) is 4. The molecular weight excluding hydrogens is 438 g/mol. The van der Waals surface area contributed by atoms with Gasteiger partial charge in [-0.05, 0) is 31.4 Å². The summed E-state index contributed by atoms with van der Waals surface area (Å²) in [7, 11) is 1.72. The molecule has 3 aromatic heterocycles. The van der Waals surface area contributed by atoms with Gasteiger partial charge in [0.05, 0.1) is 6.20 Å². The number of anilines is 3. The maximum Gasteiger partial charge on any atom is 0.271 e. The molecule has 0 spiro atoms. The highest BCUT2D eigenvalue weighted by atomic mass is 16.5. The van der Waals surface area contributed by atoms with Gasteiger partial charge < -0.3 is 30.8 Å². The average Bonchev–Trinajstić information content (AvgIpc) is 3.29. The normalized spacial score (nSPS) is 13.6. The maximum atomic E-state index is 12.6. The second-order valence-corrected chi connectivity index (χ2v) is 8.79. The number of pyridine rings is 1. The Labute approximate surface area is 197 Å². The van der Waals surface area contributed by atoms with Crippen LogP contribution < -0.4 is 21.5 Å². The third-order valence-electron chi connectivity index (χ3n) is 5.29. The van der Waals surface area contributed by atoms with Gasteiger partial charge in [0.2, 0.25) is 0 Å². The number of fused-ring (bicyclic) bond motifs is 1. The number of aromatic amines is 1. The molecule has 0 unspecified atom stereocenters. The van der Waals surface area contributed by atoms with E-state index in [1.807, 2.05) is 13.8 Å². The monoisotopic (exact) mass is 471 g/mol. The average molecular weight is 472 g/mol. The number of hydrogen-bond acceptors (Lipinski definition) is 8. The Hall–Kier alpha value is -3.44. The van der Waals surface area contributed by atoms with Crippen LogP contribution in [0.4, 0.5) is 17.3 Å². The number of ether oxygens (including phenoxy) is 1. The molecule has 0 bridgehead atoms. The smallest absolute Gasteiger partial charge is 0.271 e. The lowest BCUT2D eigenvalue weighted by atomic mass is 9.95. The fourth-order valence-corrected chi connectivity index (χ4v) is 3.18. The molecule has 1 amide bonds. The molecule has 34 heavy (non-hydrogen) atoms. The molecule has 1 aliphatic heterocycles. The summed E-state index contributed by atoms with van der Waals surface area (Å²) >= 11 is 0. The Balaban J connectivity index is 0.000000469. The van der Waals surface area contributed by atoms with Crippen LogP contribution in [0.5, 0.6) is 0 Å². The predicted molar refractivity (Wildman–Crippen MR) is 131 cm³/mol. The van der Waals surface area contributed by atoms with Crippen molar-refractivity contribution in [1.29, 1.82) is 0 Å². The van der Waals surface area contributed by atoms with E-state index in [0.29, 0.717) is 29.5 Å². The highest BCUT2D eigenvalue weighted by molar-refractivity contribution is 6.00. The molecule has 11 heteroatoms. The number of nitrogens with zero attached hydrogens (tertiary/aromatic N) is 3. The van der Waals surface area contributed by atoms with E-state index < -0.39 is 5.41 Å². The largest absolute Gasteiger partial charge is 0.396 e. The number of amides is 1. The van der Waals surface area contributed by atoms with Crippen LogP contribution in [0, 0.1) is 5.41 Å². The minimum atomic E-state index is -0.441. The summed E-state index contributed by atoms with van der Waals surface area (Å²) in [4.78, 5) is 31.6. The van der Waals surface area contributed by atoms with E-state index in [4.69, 9.17) is 4.74 Å². The Kier molecular flexibility index (Phi) is 8.61. The number of aliphatic hydroxyl groups is 1. The summed E-state index contributed by atoms with van der Waals surface area (Å²) in [5.41, 5.74) is 0.227. The van der Waals surface area contributed by atoms with Gasteiger partial charge in [-0.2, -0.15) is 9.61 Å². The van der Waals surface area contributed by atoms with Gasteiger partial charge in [0.15, 0.2) is 5.65 Å². The quantitative estimate of drug-likeness (QED) is 0.352. The van der Waals surface area contributed by atoms with E-state index in [1.54, 1.807) is 25.2 Å². The maximum absolute atomic E-state index is 12.6. The zero-order valence-corrected chi connectivity index (χ0v) is 19.9. The zero-order chi connectivity index (χ0) is 24.6. The summed E-state index contributed by atoms with van der Waals surface area (Å²) in [6.45, 7) is 5.94. The summed E-state index contributed by atoms with van der Waals surface area (Å²) in [6.07, 6.45) is 6.90. The van der Waals surface area contributed by atoms with Crippen LogP contribution in [0.15, 0.2) is 35.4 Å². The van der Waals surface area contributed by atoms with Crippen LogP contribution in [0.3, 0.4) is 0 Å². The third kappa shape index (κ3) is 6.55. The van der Waals surface area contributed by atoms with E-state index in [2.05, 4.69) is 31.0 Å². The summed E-state index contributed by atoms with van der Waals surface area (Å²) in [6, 6.07) is 5.01. The number of hydrogen-bond donors (Lipinski definition) is 5. The van der Waals surface area contributed by atoms with E-state index in [1.165, 1.54) is 36.2 Å². The minimum Gasteiger partial charge on any atom is -0.396 e. The van der Waals surface area contributed by atoms with Gasteiger partial charge in [0.1, 0.15) is 22.9 Å². The predicted octanol–water partition coefficient (Wildman–Crippen LogP) is 2.14. The van der Waals surface area contributed by atoms with Gasteiger partial charge in [-0.1, -0.05) is 13.8 Å². The van der Waals surface area contributed by atoms with Crippen molar-refractivity contribution >= 4 is 28.9 Å². The van der Waals surface area contributed by atoms with Gasteiger partial charge in [-0.15, -0.1) is 0 Å². The topological polar surface area (TPSA) is 146 Å². The summed E-state index contributed by atoms with van der Waals surface area (Å²) < 4.78 is 6.58. The molecule has 11 nitrogen and oxygen atoms in total. The van der Waals surface area contributed by atoms with Crippen LogP contribution in [-0.2, 0) is 4.74 Å². The zero-order valence-electron chi connectivity index (χ0n) is 19.9. The lowest BCUT2D eigenvalue weighted by molar-refractivity contribution is 0.0912. The summed E-state index contributed by atoms with van der Waals surface area (Å²) in [5.74, 6) is 0.633. The lowest BCUT2D eigenvalue weighted by Gasteiger charge is -2.21. The Bertz CT molecular complexity index is 1140. The number of aliphatic hydroxyl groups excluding tert-OH is 1. The fraction of sp³-hybridized carbons (Fsp3) is 0.478. The third-order valence-corrected chi connectivity index (χ3v) is 5.29. The number of rotatable bonds is 7. The Morgan fingerprint density at radius 3 is 2.65 bits per heavy atom. The van der Waals surface area contributed by atoms with Crippen LogP contribution in [0.2, 0.25) is 0 Å². The molecular formula is C23H33N7O4. The SMILES string of the molecule is C1CCOCC1.CNc1cc(Nc2ccc[nH]c2=O)nc2c(C(=O)NCC(C)(C)CO)cnn12. The molecule has 1 fully saturated rings. The van der Waals surface area contributed by atoms with Crippen molar-refractivity contribution in [3.63, 3.8) is 0 Å². The lowest BCUT2D eigenvalue weighted by Crippen LogP contribution is -2.36. The number of carbonyl (C=O) groups is 1. The summed E-state index contributed by atoms with van der Waals surface area (Å²) in [5, 5.41) is 22.3. The Morgan fingerprint density at radius 1 is 1.29 bits per heavy atom. The molecule has 4 heterocycles. The van der Waals surface area contributed by atoms with E-state index in [0.717, 1.165) is 13.2 Å². The van der Waals surface area contributed by atoms with Crippen molar-refractivity contribution in [2.75, 3.05) is 44.0 Å². The molecule has 5 N–H and O–H groups in total. The van der Waals surface area contributed by atoms with Crippen molar-refractivity contribution in [3.05, 3.63) is 46.5 Å². The van der Waals surface area contributed by atoms with Crippen LogP contribution in [-0.4, -0.2) is 64.0 Å². The van der Waals surface area contributed by atoms with Gasteiger partial charge in [-0.3, -0.25) is 9.59 Å². The molecule has 4 rings (SSSR count). The van der Waals surface area contributed by atoms with Crippen molar-refractivity contribution < 1.29 is 14.6 Å². The number of aromatic nitrogens is 4. The molecule has 1 saturated heterocycles. The second kappa shape index (κ2) is 11.6. The first-order chi connectivity index (χ1) is 16.3. The van der Waals surface area contributed by atoms with Crippen molar-refractivity contribution in [2.24, 2.45) is 5.41 Å². The van der Waals surface area contributed by atoms with E-state index in [9.17, 15) is 14.7 Å². The number of H-pyrrole nitrogens is 1. The fourth-order valence-electron chi connectivity index (χ4n) is 3.18. The van der Waals surface area contributed by atoms with Crippen LogP contribution >= 0.6 is 0 Å². The first kappa shape index (κ1) is 25.2.